The second-order valence-electron chi connectivity index (χ2n) is 8.15. The lowest BCUT2D eigenvalue weighted by molar-refractivity contribution is -0.149. The van der Waals surface area contributed by atoms with Crippen molar-refractivity contribution in [2.45, 2.75) is 31.0 Å². The van der Waals surface area contributed by atoms with Crippen molar-refractivity contribution < 1.29 is 28.5 Å². The fourth-order valence-electron chi connectivity index (χ4n) is 4.83. The second kappa shape index (κ2) is 7.96. The van der Waals surface area contributed by atoms with Gasteiger partial charge in [0.05, 0.1) is 26.4 Å². The first kappa shape index (κ1) is 20.0. The number of fused-ring (bicyclic) bond motifs is 3. The molecule has 0 aromatic heterocycles. The van der Waals surface area contributed by atoms with Gasteiger partial charge in [-0.05, 0) is 54.7 Å². The summed E-state index contributed by atoms with van der Waals surface area (Å²) in [6.07, 6.45) is 1.68. The van der Waals surface area contributed by atoms with E-state index in [2.05, 4.69) is 6.07 Å². The van der Waals surface area contributed by atoms with E-state index in [1.54, 1.807) is 14.2 Å². The highest BCUT2D eigenvalue weighted by molar-refractivity contribution is 5.82. The molecule has 3 aliphatic rings. The van der Waals surface area contributed by atoms with Gasteiger partial charge in [0.25, 0.3) is 5.91 Å². The number of nitrogens with zero attached hydrogens (tertiary/aromatic N) is 1. The number of carbonyl (C=O) groups is 1. The molecule has 7 heteroatoms. The Kier molecular flexibility index (Phi) is 5.14. The topological polar surface area (TPSA) is 66.5 Å². The van der Waals surface area contributed by atoms with Crippen LogP contribution in [0.4, 0.5) is 0 Å². The van der Waals surface area contributed by atoms with Crippen molar-refractivity contribution in [3.63, 3.8) is 0 Å². The maximum Gasteiger partial charge on any atom is 0.267 e. The van der Waals surface area contributed by atoms with Crippen molar-refractivity contribution in [1.82, 2.24) is 4.90 Å². The molecule has 1 unspecified atom stereocenters. The standard InChI is InChI=1S/C24H27NO6/c1-27-20-13-16-7-12-30-24(17(16)14-21(20)28-2)8-10-25(11-9-24)23(26)22-15-29-18-5-3-4-6-19(18)31-22/h3-6,13-14,22H,7-12,15H2,1-2H3. The molecule has 1 fully saturated rings. The molecule has 1 saturated heterocycles. The van der Waals surface area contributed by atoms with E-state index in [-0.39, 0.29) is 12.5 Å². The van der Waals surface area contributed by atoms with E-state index in [0.717, 1.165) is 30.6 Å². The molecule has 5 rings (SSSR count). The maximum atomic E-state index is 13.1. The van der Waals surface area contributed by atoms with E-state index in [1.165, 1.54) is 5.56 Å². The number of para-hydroxylation sites is 2. The molecule has 0 saturated carbocycles. The summed E-state index contributed by atoms with van der Waals surface area (Å²) in [5, 5.41) is 0. The van der Waals surface area contributed by atoms with Gasteiger partial charge in [-0.25, -0.2) is 0 Å². The minimum atomic E-state index is -0.618. The molecular formula is C24H27NO6. The average Bonchev–Trinajstić information content (AvgIpc) is 2.83. The minimum absolute atomic E-state index is 0.0345. The van der Waals surface area contributed by atoms with Gasteiger partial charge in [0.1, 0.15) is 6.61 Å². The number of methoxy groups -OCH3 is 2. The van der Waals surface area contributed by atoms with Gasteiger partial charge >= 0.3 is 0 Å². The molecule has 0 N–H and O–H groups in total. The lowest BCUT2D eigenvalue weighted by Crippen LogP contribution is -2.53. The smallest absolute Gasteiger partial charge is 0.267 e. The Morgan fingerprint density at radius 1 is 1.06 bits per heavy atom. The number of carbonyl (C=O) groups excluding carboxylic acids is 1. The van der Waals surface area contributed by atoms with E-state index in [9.17, 15) is 4.79 Å². The Bertz CT molecular complexity index is 982. The number of hydrogen-bond donors (Lipinski definition) is 0. The fourth-order valence-corrected chi connectivity index (χ4v) is 4.83. The highest BCUT2D eigenvalue weighted by Gasteiger charge is 2.43. The van der Waals surface area contributed by atoms with Crippen molar-refractivity contribution in [2.24, 2.45) is 0 Å². The van der Waals surface area contributed by atoms with Crippen LogP contribution in [-0.4, -0.2) is 57.4 Å². The third-order valence-electron chi connectivity index (χ3n) is 6.52. The van der Waals surface area contributed by atoms with Crippen LogP contribution in [0.2, 0.25) is 0 Å². The minimum Gasteiger partial charge on any atom is -0.493 e. The maximum absolute atomic E-state index is 13.1. The number of likely N-dealkylation sites (tertiary alicyclic amines) is 1. The summed E-state index contributed by atoms with van der Waals surface area (Å²) in [4.78, 5) is 15.0. The summed E-state index contributed by atoms with van der Waals surface area (Å²) in [6.45, 7) is 2.10. The number of hydrogen-bond acceptors (Lipinski definition) is 6. The van der Waals surface area contributed by atoms with Crippen LogP contribution in [-0.2, 0) is 21.6 Å². The zero-order valence-corrected chi connectivity index (χ0v) is 17.9. The predicted octanol–water partition coefficient (Wildman–Crippen LogP) is 2.93. The van der Waals surface area contributed by atoms with Gasteiger partial charge in [0.2, 0.25) is 6.10 Å². The van der Waals surface area contributed by atoms with Crippen LogP contribution in [0.25, 0.3) is 0 Å². The van der Waals surface area contributed by atoms with Crippen LogP contribution in [0, 0.1) is 0 Å². The largest absolute Gasteiger partial charge is 0.493 e. The third kappa shape index (κ3) is 3.47. The molecule has 1 atom stereocenters. The number of rotatable bonds is 3. The molecular weight excluding hydrogens is 398 g/mol. The van der Waals surface area contributed by atoms with E-state index < -0.39 is 11.7 Å². The van der Waals surface area contributed by atoms with Crippen molar-refractivity contribution in [3.8, 4) is 23.0 Å². The van der Waals surface area contributed by atoms with Crippen LogP contribution >= 0.6 is 0 Å². The molecule has 0 radical (unpaired) electrons. The van der Waals surface area contributed by atoms with Crippen molar-refractivity contribution in [3.05, 3.63) is 47.5 Å². The Balaban J connectivity index is 1.31. The number of benzene rings is 2. The highest BCUT2D eigenvalue weighted by Crippen LogP contribution is 2.45. The Labute approximate surface area is 181 Å². The molecule has 31 heavy (non-hydrogen) atoms. The first-order valence-electron chi connectivity index (χ1n) is 10.7. The van der Waals surface area contributed by atoms with Gasteiger partial charge in [-0.15, -0.1) is 0 Å². The summed E-state index contributed by atoms with van der Waals surface area (Å²) in [7, 11) is 3.30. The second-order valence-corrected chi connectivity index (χ2v) is 8.15. The van der Waals surface area contributed by atoms with Gasteiger partial charge in [0.15, 0.2) is 23.0 Å². The molecule has 0 bridgehead atoms. The van der Waals surface area contributed by atoms with Gasteiger partial charge in [-0.2, -0.15) is 0 Å². The van der Waals surface area contributed by atoms with Crippen LogP contribution in [0.1, 0.15) is 24.0 Å². The van der Waals surface area contributed by atoms with Gasteiger partial charge in [-0.1, -0.05) is 12.1 Å². The average molecular weight is 425 g/mol. The molecule has 3 aliphatic heterocycles. The zero-order chi connectivity index (χ0) is 21.4. The molecule has 164 valence electrons. The fraction of sp³-hybridized carbons (Fsp3) is 0.458. The van der Waals surface area contributed by atoms with E-state index in [4.69, 9.17) is 23.7 Å². The highest BCUT2D eigenvalue weighted by atomic mass is 16.6. The van der Waals surface area contributed by atoms with E-state index in [0.29, 0.717) is 36.9 Å². The van der Waals surface area contributed by atoms with E-state index >= 15 is 0 Å². The van der Waals surface area contributed by atoms with Gasteiger partial charge < -0.3 is 28.6 Å². The normalized spacial score (nSPS) is 21.4. The summed E-state index contributed by atoms with van der Waals surface area (Å²) >= 11 is 0. The summed E-state index contributed by atoms with van der Waals surface area (Å²) < 4.78 is 29.0. The first-order valence-corrected chi connectivity index (χ1v) is 10.7. The monoisotopic (exact) mass is 425 g/mol. The molecule has 3 heterocycles. The molecule has 0 aliphatic carbocycles. The molecule has 2 aromatic carbocycles. The number of amides is 1. The predicted molar refractivity (Wildman–Crippen MR) is 113 cm³/mol. The summed E-state index contributed by atoms with van der Waals surface area (Å²) in [6, 6.07) is 11.5. The van der Waals surface area contributed by atoms with Crippen LogP contribution < -0.4 is 18.9 Å². The Hall–Kier alpha value is -2.93. The summed E-state index contributed by atoms with van der Waals surface area (Å²) in [5.41, 5.74) is 1.97. The lowest BCUT2D eigenvalue weighted by atomic mass is 9.79. The molecule has 1 spiro atoms. The van der Waals surface area contributed by atoms with Gasteiger partial charge in [-0.3, -0.25) is 4.79 Å². The van der Waals surface area contributed by atoms with Crippen molar-refractivity contribution >= 4 is 5.91 Å². The summed E-state index contributed by atoms with van der Waals surface area (Å²) in [5.74, 6) is 2.70. The van der Waals surface area contributed by atoms with E-state index in [1.807, 2.05) is 35.2 Å². The molecule has 1 amide bonds. The van der Waals surface area contributed by atoms with Gasteiger partial charge in [0, 0.05) is 13.1 Å². The first-order chi connectivity index (χ1) is 15.1. The Morgan fingerprint density at radius 2 is 1.77 bits per heavy atom. The zero-order valence-electron chi connectivity index (χ0n) is 17.9. The SMILES string of the molecule is COc1cc2c(cc1OC)C1(CCN(C(=O)C3COc4ccccc4O3)CC1)OCC2. The lowest BCUT2D eigenvalue weighted by Gasteiger charge is -2.45. The number of ether oxygens (including phenoxy) is 5. The third-order valence-corrected chi connectivity index (χ3v) is 6.52. The number of piperidine rings is 1. The molecule has 2 aromatic rings. The molecule has 7 nitrogen and oxygen atoms in total. The van der Waals surface area contributed by atoms with Crippen LogP contribution in [0.15, 0.2) is 36.4 Å². The van der Waals surface area contributed by atoms with Crippen molar-refractivity contribution in [1.29, 1.82) is 0 Å². The Morgan fingerprint density at radius 3 is 2.52 bits per heavy atom. The quantitative estimate of drug-likeness (QED) is 0.753. The van der Waals surface area contributed by atoms with Crippen molar-refractivity contribution in [2.75, 3.05) is 40.5 Å². The van der Waals surface area contributed by atoms with Crippen LogP contribution in [0.3, 0.4) is 0 Å². The van der Waals surface area contributed by atoms with Crippen LogP contribution in [0.5, 0.6) is 23.0 Å².